The van der Waals surface area contributed by atoms with Gasteiger partial charge in [0.15, 0.2) is 0 Å². The van der Waals surface area contributed by atoms with Crippen LogP contribution in [0.15, 0.2) is 15.9 Å². The summed E-state index contributed by atoms with van der Waals surface area (Å²) in [6.07, 6.45) is 1.84. The van der Waals surface area contributed by atoms with E-state index in [1.807, 2.05) is 12.1 Å². The summed E-state index contributed by atoms with van der Waals surface area (Å²) in [7, 11) is 0. The second-order valence-corrected chi connectivity index (χ2v) is 6.13. The molecule has 0 fully saturated rings. The van der Waals surface area contributed by atoms with Crippen LogP contribution in [0.4, 0.5) is 0 Å². The normalized spacial score (nSPS) is 10.2. The Kier molecular flexibility index (Phi) is 6.21. The lowest BCUT2D eigenvalue weighted by Crippen LogP contribution is -2.25. The van der Waals surface area contributed by atoms with Crippen molar-refractivity contribution in [2.45, 2.75) is 25.7 Å². The van der Waals surface area contributed by atoms with E-state index in [0.717, 1.165) is 8.66 Å². The van der Waals surface area contributed by atoms with Crippen LogP contribution >= 0.6 is 27.3 Å². The third-order valence-corrected chi connectivity index (χ3v) is 3.73. The first-order valence-corrected chi connectivity index (χ1v) is 6.91. The highest BCUT2D eigenvalue weighted by atomic mass is 79.9. The Balaban J connectivity index is 2.11. The van der Waals surface area contributed by atoms with Gasteiger partial charge in [-0.2, -0.15) is 0 Å². The number of carbonyl (C=O) groups excluding carboxylic acids is 1. The molecule has 1 rings (SSSR count). The van der Waals surface area contributed by atoms with Crippen LogP contribution in [0.1, 0.15) is 24.1 Å². The first-order chi connectivity index (χ1) is 8.08. The van der Waals surface area contributed by atoms with Gasteiger partial charge in [0, 0.05) is 17.8 Å². The maximum Gasteiger partial charge on any atom is 0.303 e. The van der Waals surface area contributed by atoms with E-state index in [1.165, 1.54) is 0 Å². The minimum atomic E-state index is -0.792. The van der Waals surface area contributed by atoms with Crippen molar-refractivity contribution in [3.05, 3.63) is 20.8 Å². The Hall–Kier alpha value is -0.880. The van der Waals surface area contributed by atoms with Crippen molar-refractivity contribution in [3.63, 3.8) is 0 Å². The number of aliphatic carboxylic acids is 1. The highest BCUT2D eigenvalue weighted by molar-refractivity contribution is 9.11. The third kappa shape index (κ3) is 6.43. The molecular weight excluding hydrogens is 306 g/mol. The van der Waals surface area contributed by atoms with E-state index in [4.69, 9.17) is 5.11 Å². The van der Waals surface area contributed by atoms with Crippen LogP contribution < -0.4 is 5.32 Å². The van der Waals surface area contributed by atoms with Crippen molar-refractivity contribution in [1.29, 1.82) is 0 Å². The molecule has 6 heteroatoms. The van der Waals surface area contributed by atoms with Gasteiger partial charge in [0.05, 0.1) is 10.2 Å². The number of hydrogen-bond donors (Lipinski definition) is 2. The van der Waals surface area contributed by atoms with Gasteiger partial charge < -0.3 is 10.4 Å². The van der Waals surface area contributed by atoms with Crippen molar-refractivity contribution < 1.29 is 14.7 Å². The number of unbranched alkanes of at least 4 members (excludes halogenated alkanes) is 1. The fraction of sp³-hybridized carbons (Fsp3) is 0.455. The largest absolute Gasteiger partial charge is 0.481 e. The molecule has 1 aromatic rings. The van der Waals surface area contributed by atoms with E-state index < -0.39 is 5.97 Å². The average Bonchev–Trinajstić information content (AvgIpc) is 2.63. The Morgan fingerprint density at radius 2 is 2.12 bits per heavy atom. The van der Waals surface area contributed by atoms with Crippen molar-refractivity contribution in [2.75, 3.05) is 6.54 Å². The van der Waals surface area contributed by atoms with Gasteiger partial charge in [-0.25, -0.2) is 0 Å². The van der Waals surface area contributed by atoms with E-state index in [0.29, 0.717) is 25.8 Å². The summed E-state index contributed by atoms with van der Waals surface area (Å²) in [6, 6.07) is 3.83. The minimum absolute atomic E-state index is 0.0188. The second-order valence-electron chi connectivity index (χ2n) is 3.58. The van der Waals surface area contributed by atoms with Crippen LogP contribution in [0.5, 0.6) is 0 Å². The molecule has 1 heterocycles. The maximum atomic E-state index is 11.5. The molecule has 0 unspecified atom stereocenters. The van der Waals surface area contributed by atoms with Gasteiger partial charge in [-0.1, -0.05) is 0 Å². The van der Waals surface area contributed by atoms with E-state index >= 15 is 0 Å². The zero-order chi connectivity index (χ0) is 12.7. The molecule has 2 N–H and O–H groups in total. The zero-order valence-corrected chi connectivity index (χ0v) is 11.6. The van der Waals surface area contributed by atoms with Crippen LogP contribution in [-0.2, 0) is 16.0 Å². The zero-order valence-electron chi connectivity index (χ0n) is 9.24. The molecule has 0 aliphatic carbocycles. The molecule has 1 aromatic heterocycles. The van der Waals surface area contributed by atoms with Crippen molar-refractivity contribution in [2.24, 2.45) is 0 Å². The Labute approximate surface area is 112 Å². The van der Waals surface area contributed by atoms with Crippen molar-refractivity contribution in [3.8, 4) is 0 Å². The lowest BCUT2D eigenvalue weighted by molar-refractivity contribution is -0.137. The lowest BCUT2D eigenvalue weighted by Gasteiger charge is -2.03. The summed E-state index contributed by atoms with van der Waals surface area (Å²) in [5, 5.41) is 11.2. The first-order valence-electron chi connectivity index (χ1n) is 5.30. The van der Waals surface area contributed by atoms with Crippen LogP contribution in [0.25, 0.3) is 0 Å². The molecule has 94 valence electrons. The lowest BCUT2D eigenvalue weighted by atomic mass is 10.2. The van der Waals surface area contributed by atoms with Gasteiger partial charge in [-0.05, 0) is 40.9 Å². The molecule has 4 nitrogen and oxygen atoms in total. The van der Waals surface area contributed by atoms with Gasteiger partial charge >= 0.3 is 5.97 Å². The Morgan fingerprint density at radius 1 is 1.35 bits per heavy atom. The summed E-state index contributed by atoms with van der Waals surface area (Å²) in [5.74, 6) is -0.811. The molecule has 0 saturated carbocycles. The summed E-state index contributed by atoms with van der Waals surface area (Å²) in [4.78, 5) is 22.7. The summed E-state index contributed by atoms with van der Waals surface area (Å²) >= 11 is 4.88. The molecule has 0 aliphatic heterocycles. The Bertz CT molecular complexity index is 392. The van der Waals surface area contributed by atoms with Crippen LogP contribution in [-0.4, -0.2) is 23.5 Å². The SMILES string of the molecule is O=C(O)CCCCNC(=O)Cc1ccc(Br)s1. The third-order valence-electron chi connectivity index (χ3n) is 2.10. The van der Waals surface area contributed by atoms with E-state index in [2.05, 4.69) is 21.2 Å². The molecule has 17 heavy (non-hydrogen) atoms. The molecular formula is C11H14BrNO3S. The van der Waals surface area contributed by atoms with Gasteiger partial charge in [0.2, 0.25) is 5.91 Å². The molecule has 0 radical (unpaired) electrons. The van der Waals surface area contributed by atoms with Gasteiger partial charge in [0.1, 0.15) is 0 Å². The van der Waals surface area contributed by atoms with Crippen molar-refractivity contribution in [1.82, 2.24) is 5.32 Å². The fourth-order valence-electron chi connectivity index (χ4n) is 1.30. The number of thiophene rings is 1. The molecule has 0 bridgehead atoms. The number of carboxylic acids is 1. The van der Waals surface area contributed by atoms with Crippen LogP contribution in [0.3, 0.4) is 0 Å². The summed E-state index contributed by atoms with van der Waals surface area (Å²) in [5.41, 5.74) is 0. The number of halogens is 1. The topological polar surface area (TPSA) is 66.4 Å². The number of carbonyl (C=O) groups is 2. The van der Waals surface area contributed by atoms with Crippen LogP contribution in [0, 0.1) is 0 Å². The number of rotatable bonds is 7. The quantitative estimate of drug-likeness (QED) is 0.758. The molecule has 0 atom stereocenters. The number of hydrogen-bond acceptors (Lipinski definition) is 3. The summed E-state index contributed by atoms with van der Waals surface area (Å²) < 4.78 is 1.02. The molecule has 1 amide bonds. The molecule has 0 aliphatic rings. The minimum Gasteiger partial charge on any atom is -0.481 e. The number of nitrogens with one attached hydrogen (secondary N) is 1. The van der Waals surface area contributed by atoms with Crippen molar-refractivity contribution >= 4 is 39.1 Å². The number of carboxylic acid groups (broad SMARTS) is 1. The molecule has 0 saturated heterocycles. The molecule has 0 aromatic carbocycles. The number of amides is 1. The highest BCUT2D eigenvalue weighted by Gasteiger charge is 2.05. The maximum absolute atomic E-state index is 11.5. The second kappa shape index (κ2) is 7.45. The predicted molar refractivity (Wildman–Crippen MR) is 70.2 cm³/mol. The van der Waals surface area contributed by atoms with Crippen LogP contribution in [0.2, 0.25) is 0 Å². The van der Waals surface area contributed by atoms with E-state index in [1.54, 1.807) is 11.3 Å². The standard InChI is InChI=1S/C11H14BrNO3S/c12-9-5-4-8(17-9)7-10(14)13-6-2-1-3-11(15)16/h4-5H,1-3,6-7H2,(H,13,14)(H,15,16). The predicted octanol–water partition coefficient (Wildman–Crippen LogP) is 2.42. The van der Waals surface area contributed by atoms with Gasteiger partial charge in [0.25, 0.3) is 0 Å². The highest BCUT2D eigenvalue weighted by Crippen LogP contribution is 2.22. The van der Waals surface area contributed by atoms with Gasteiger partial charge in [-0.15, -0.1) is 11.3 Å². The van der Waals surface area contributed by atoms with E-state index in [-0.39, 0.29) is 12.3 Å². The fourth-order valence-corrected chi connectivity index (χ4v) is 2.78. The monoisotopic (exact) mass is 319 g/mol. The smallest absolute Gasteiger partial charge is 0.303 e. The summed E-state index contributed by atoms with van der Waals surface area (Å²) in [6.45, 7) is 0.540. The molecule has 0 spiro atoms. The van der Waals surface area contributed by atoms with E-state index in [9.17, 15) is 9.59 Å². The Morgan fingerprint density at radius 3 is 2.71 bits per heavy atom. The van der Waals surface area contributed by atoms with Gasteiger partial charge in [-0.3, -0.25) is 9.59 Å². The average molecular weight is 320 g/mol. The first kappa shape index (κ1) is 14.2.